The Bertz CT molecular complexity index is 236. The minimum Gasteiger partial charge on any atom is -0.480 e. The van der Waals surface area contributed by atoms with Gasteiger partial charge >= 0.3 is 5.97 Å². The molecule has 1 unspecified atom stereocenters. The molecular weight excluding hydrogens is 232 g/mol. The molecule has 5 heteroatoms. The molecule has 0 saturated heterocycles. The maximum atomic E-state index is 11.1. The van der Waals surface area contributed by atoms with Gasteiger partial charge in [-0.25, -0.2) is 0 Å². The van der Waals surface area contributed by atoms with Gasteiger partial charge in [0, 0.05) is 20.3 Å². The summed E-state index contributed by atoms with van der Waals surface area (Å²) in [5, 5.41) is 12.0. The molecule has 0 bridgehead atoms. The van der Waals surface area contributed by atoms with Crippen molar-refractivity contribution in [3.05, 3.63) is 0 Å². The first kappa shape index (κ1) is 17.4. The van der Waals surface area contributed by atoms with Gasteiger partial charge in [-0.2, -0.15) is 0 Å². The number of likely N-dealkylation sites (N-methyl/N-ethyl adjacent to an activating group) is 1. The Morgan fingerprint density at radius 2 is 1.94 bits per heavy atom. The third-order valence-electron chi connectivity index (χ3n) is 3.38. The molecule has 0 aliphatic heterocycles. The van der Waals surface area contributed by atoms with Crippen LogP contribution in [0.5, 0.6) is 0 Å². The Morgan fingerprint density at radius 1 is 1.33 bits per heavy atom. The summed E-state index contributed by atoms with van der Waals surface area (Å²) in [6.07, 6.45) is 3.63. The quantitative estimate of drug-likeness (QED) is 0.546. The minimum atomic E-state index is -0.797. The van der Waals surface area contributed by atoms with Gasteiger partial charge in [0.05, 0.1) is 0 Å². The molecule has 2 N–H and O–H groups in total. The summed E-state index contributed by atoms with van der Waals surface area (Å²) in [6.45, 7) is 4.55. The molecule has 0 rings (SSSR count). The number of unbranched alkanes of at least 4 members (excludes halogenated alkanes) is 1. The lowest BCUT2D eigenvalue weighted by molar-refractivity contribution is -0.144. The van der Waals surface area contributed by atoms with E-state index >= 15 is 0 Å². The first-order valence-corrected chi connectivity index (χ1v) is 6.56. The molecule has 0 spiro atoms. The highest BCUT2D eigenvalue weighted by Gasteiger charge is 2.29. The summed E-state index contributed by atoms with van der Waals surface area (Å²) in [7, 11) is 5.50. The number of carbonyl (C=O) groups is 1. The predicted octanol–water partition coefficient (Wildman–Crippen LogP) is 1.19. The van der Waals surface area contributed by atoms with E-state index in [1.165, 1.54) is 0 Å². The molecule has 0 heterocycles. The molecular formula is C13H28N2O3. The summed E-state index contributed by atoms with van der Waals surface area (Å²) in [5.74, 6) is -0.779. The fraction of sp³-hybridized carbons (Fsp3) is 0.923. The molecule has 0 fully saturated rings. The zero-order valence-electron chi connectivity index (χ0n) is 12.2. The number of nitrogens with one attached hydrogen (secondary N) is 1. The average Bonchev–Trinajstić information content (AvgIpc) is 2.34. The Hall–Kier alpha value is -0.650. The van der Waals surface area contributed by atoms with E-state index in [2.05, 4.69) is 17.3 Å². The zero-order chi connectivity index (χ0) is 14.0. The molecule has 0 aromatic carbocycles. The molecule has 0 saturated carbocycles. The van der Waals surface area contributed by atoms with Crippen molar-refractivity contribution in [3.8, 4) is 0 Å². The molecule has 108 valence electrons. The van der Waals surface area contributed by atoms with Crippen molar-refractivity contribution in [1.29, 1.82) is 0 Å². The third kappa shape index (κ3) is 6.93. The molecule has 1 atom stereocenters. The van der Waals surface area contributed by atoms with Crippen molar-refractivity contribution < 1.29 is 14.6 Å². The lowest BCUT2D eigenvalue weighted by Crippen LogP contribution is -2.47. The van der Waals surface area contributed by atoms with Crippen LogP contribution in [0, 0.1) is 0 Å². The number of nitrogens with zero attached hydrogens (tertiary/aromatic N) is 1. The van der Waals surface area contributed by atoms with Gasteiger partial charge in [0.1, 0.15) is 5.54 Å². The number of hydrogen-bond acceptors (Lipinski definition) is 4. The Balaban J connectivity index is 3.69. The summed E-state index contributed by atoms with van der Waals surface area (Å²) >= 11 is 0. The van der Waals surface area contributed by atoms with Gasteiger partial charge in [-0.3, -0.25) is 4.79 Å². The Kier molecular flexibility index (Phi) is 8.97. The van der Waals surface area contributed by atoms with Crippen molar-refractivity contribution in [3.63, 3.8) is 0 Å². The zero-order valence-corrected chi connectivity index (χ0v) is 12.2. The number of methoxy groups -OCH3 is 1. The lowest BCUT2D eigenvalue weighted by atomic mass is 9.95. The fourth-order valence-electron chi connectivity index (χ4n) is 1.79. The number of rotatable bonds is 11. The van der Waals surface area contributed by atoms with Crippen LogP contribution >= 0.6 is 0 Å². The first-order valence-electron chi connectivity index (χ1n) is 6.56. The van der Waals surface area contributed by atoms with Crippen LogP contribution in [-0.4, -0.2) is 62.4 Å². The summed E-state index contributed by atoms with van der Waals surface area (Å²) < 4.78 is 5.00. The summed E-state index contributed by atoms with van der Waals surface area (Å²) in [4.78, 5) is 13.3. The highest BCUT2D eigenvalue weighted by Crippen LogP contribution is 2.13. The summed E-state index contributed by atoms with van der Waals surface area (Å²) in [5.41, 5.74) is -0.797. The van der Waals surface area contributed by atoms with Crippen molar-refractivity contribution in [2.24, 2.45) is 0 Å². The third-order valence-corrected chi connectivity index (χ3v) is 3.38. The van der Waals surface area contributed by atoms with E-state index in [1.807, 2.05) is 0 Å². The van der Waals surface area contributed by atoms with Crippen molar-refractivity contribution in [2.45, 2.75) is 38.1 Å². The van der Waals surface area contributed by atoms with Crippen LogP contribution < -0.4 is 5.32 Å². The fourth-order valence-corrected chi connectivity index (χ4v) is 1.79. The number of ether oxygens (including phenoxy) is 1. The van der Waals surface area contributed by atoms with E-state index in [-0.39, 0.29) is 0 Å². The molecule has 18 heavy (non-hydrogen) atoms. The van der Waals surface area contributed by atoms with E-state index in [1.54, 1.807) is 21.1 Å². The topological polar surface area (TPSA) is 61.8 Å². The molecule has 0 aromatic rings. The SMILES string of the molecule is CNC(C)(CCCCN(C)CCCOC)C(=O)O. The van der Waals surface area contributed by atoms with Gasteiger partial charge in [0.25, 0.3) is 0 Å². The molecule has 0 radical (unpaired) electrons. The second-order valence-electron chi connectivity index (χ2n) is 4.99. The van der Waals surface area contributed by atoms with Crippen LogP contribution in [-0.2, 0) is 9.53 Å². The van der Waals surface area contributed by atoms with Gasteiger partial charge in [-0.15, -0.1) is 0 Å². The van der Waals surface area contributed by atoms with Crippen LogP contribution in [0.15, 0.2) is 0 Å². The average molecular weight is 260 g/mol. The second kappa shape index (κ2) is 9.30. The monoisotopic (exact) mass is 260 g/mol. The van der Waals surface area contributed by atoms with E-state index in [0.717, 1.165) is 39.0 Å². The summed E-state index contributed by atoms with van der Waals surface area (Å²) in [6, 6.07) is 0. The Morgan fingerprint density at radius 3 is 2.44 bits per heavy atom. The molecule has 5 nitrogen and oxygen atoms in total. The van der Waals surface area contributed by atoms with E-state index in [4.69, 9.17) is 9.84 Å². The molecule has 0 aliphatic rings. The number of hydrogen-bond donors (Lipinski definition) is 2. The highest BCUT2D eigenvalue weighted by molar-refractivity contribution is 5.78. The predicted molar refractivity (Wildman–Crippen MR) is 72.9 cm³/mol. The number of carboxylic acid groups (broad SMARTS) is 1. The second-order valence-corrected chi connectivity index (χ2v) is 4.99. The standard InChI is InChI=1S/C13H28N2O3/c1-13(14-2,12(16)17)8-5-6-9-15(3)10-7-11-18-4/h14H,5-11H2,1-4H3,(H,16,17). The van der Waals surface area contributed by atoms with E-state index in [0.29, 0.717) is 6.42 Å². The van der Waals surface area contributed by atoms with Gasteiger partial charge < -0.3 is 20.1 Å². The van der Waals surface area contributed by atoms with Crippen molar-refractivity contribution in [2.75, 3.05) is 40.9 Å². The van der Waals surface area contributed by atoms with Crippen LogP contribution in [0.2, 0.25) is 0 Å². The number of carboxylic acids is 1. The smallest absolute Gasteiger partial charge is 0.323 e. The van der Waals surface area contributed by atoms with Crippen LogP contribution in [0.25, 0.3) is 0 Å². The van der Waals surface area contributed by atoms with Crippen molar-refractivity contribution >= 4 is 5.97 Å². The number of aliphatic carboxylic acids is 1. The molecule has 0 amide bonds. The van der Waals surface area contributed by atoms with Crippen LogP contribution in [0.1, 0.15) is 32.6 Å². The Labute approximate surface area is 110 Å². The van der Waals surface area contributed by atoms with Gasteiger partial charge in [0.2, 0.25) is 0 Å². The molecule has 0 aromatic heterocycles. The van der Waals surface area contributed by atoms with Gasteiger partial charge in [0.15, 0.2) is 0 Å². The maximum absolute atomic E-state index is 11.1. The minimum absolute atomic E-state index is 0.657. The highest BCUT2D eigenvalue weighted by atomic mass is 16.5. The lowest BCUT2D eigenvalue weighted by Gasteiger charge is -2.24. The normalized spacial score (nSPS) is 14.7. The van der Waals surface area contributed by atoms with Crippen LogP contribution in [0.3, 0.4) is 0 Å². The van der Waals surface area contributed by atoms with Gasteiger partial charge in [-0.05, 0) is 53.2 Å². The van der Waals surface area contributed by atoms with E-state index in [9.17, 15) is 4.79 Å². The van der Waals surface area contributed by atoms with Gasteiger partial charge in [-0.1, -0.05) is 0 Å². The van der Waals surface area contributed by atoms with Crippen LogP contribution in [0.4, 0.5) is 0 Å². The first-order chi connectivity index (χ1) is 8.46. The maximum Gasteiger partial charge on any atom is 0.323 e. The largest absolute Gasteiger partial charge is 0.480 e. The molecule has 0 aliphatic carbocycles. The van der Waals surface area contributed by atoms with Crippen molar-refractivity contribution in [1.82, 2.24) is 10.2 Å². The van der Waals surface area contributed by atoms with E-state index < -0.39 is 11.5 Å².